The topological polar surface area (TPSA) is 78.9 Å². The summed E-state index contributed by atoms with van der Waals surface area (Å²) < 4.78 is 16.8. The van der Waals surface area contributed by atoms with Crippen LogP contribution in [0.5, 0.6) is 0 Å². The molecule has 0 spiro atoms. The van der Waals surface area contributed by atoms with Gasteiger partial charge in [-0.05, 0) is 83.5 Å². The zero-order valence-electron chi connectivity index (χ0n) is 48.1. The van der Waals surface area contributed by atoms with Gasteiger partial charge in [-0.2, -0.15) is 0 Å². The van der Waals surface area contributed by atoms with Crippen molar-refractivity contribution in [3.05, 3.63) is 85.1 Å². The van der Waals surface area contributed by atoms with Crippen molar-refractivity contribution in [3.63, 3.8) is 0 Å². The smallest absolute Gasteiger partial charge is 0.306 e. The Hall–Kier alpha value is -3.41. The number of carbonyl (C=O) groups is 3. The van der Waals surface area contributed by atoms with Gasteiger partial charge in [0, 0.05) is 19.3 Å². The van der Waals surface area contributed by atoms with Gasteiger partial charge in [0.15, 0.2) is 6.10 Å². The van der Waals surface area contributed by atoms with E-state index < -0.39 is 6.10 Å². The maximum Gasteiger partial charge on any atom is 0.306 e. The molecule has 420 valence electrons. The van der Waals surface area contributed by atoms with E-state index in [-0.39, 0.29) is 37.5 Å². The number of rotatable bonds is 56. The van der Waals surface area contributed by atoms with Gasteiger partial charge in [0.05, 0.1) is 0 Å². The van der Waals surface area contributed by atoms with Crippen LogP contribution in [0.1, 0.15) is 303 Å². The first-order valence-corrected chi connectivity index (χ1v) is 31.1. The lowest BCUT2D eigenvalue weighted by Gasteiger charge is -2.18. The molecule has 6 nitrogen and oxygen atoms in total. The molecule has 73 heavy (non-hydrogen) atoms. The Morgan fingerprint density at radius 1 is 0.288 bits per heavy atom. The Bertz CT molecular complexity index is 1400. The van der Waals surface area contributed by atoms with Crippen LogP contribution in [0.2, 0.25) is 0 Å². The Balaban J connectivity index is 4.47. The molecule has 0 aromatic heterocycles. The summed E-state index contributed by atoms with van der Waals surface area (Å²) in [6.45, 7) is 6.49. The zero-order chi connectivity index (χ0) is 52.9. The third-order valence-electron chi connectivity index (χ3n) is 13.4. The second-order valence-corrected chi connectivity index (χ2v) is 20.6. The summed E-state index contributed by atoms with van der Waals surface area (Å²) in [4.78, 5) is 38.2. The van der Waals surface area contributed by atoms with Gasteiger partial charge >= 0.3 is 17.9 Å². The average Bonchev–Trinajstić information content (AvgIpc) is 3.39. The summed E-state index contributed by atoms with van der Waals surface area (Å²) in [5.41, 5.74) is 0. The van der Waals surface area contributed by atoms with Crippen molar-refractivity contribution in [1.29, 1.82) is 0 Å². The van der Waals surface area contributed by atoms with Crippen LogP contribution < -0.4 is 0 Å². The second-order valence-electron chi connectivity index (χ2n) is 20.6. The molecule has 0 aromatic carbocycles. The van der Waals surface area contributed by atoms with E-state index in [1.807, 2.05) is 6.08 Å². The standard InChI is InChI=1S/C67H116O6/c1-4-7-10-13-16-19-22-25-28-31-33-36-39-42-45-48-51-54-57-60-66(69)72-63-64(62-71-65(68)59-56-53-50-47-44-41-38-35-30-27-24-21-18-15-12-9-6-3)73-67(70)61-58-55-52-49-46-43-40-37-34-32-29-26-23-20-17-14-11-8-5-2/h8,11,17,20,26-27,29-30,34,37,43,46,52,55,64H,4-7,9-10,12-16,18-19,21-25,28,31-33,35-36,38-42,44-45,47-51,53-54,56-63H2,1-3H3/b11-8-,20-17-,29-26-,30-27-,37-34-,46-43-,55-52-/t64-/m1/s1. The summed E-state index contributed by atoms with van der Waals surface area (Å²) in [5.74, 6) is -0.982. The molecule has 6 heteroatoms. The van der Waals surface area contributed by atoms with E-state index in [0.29, 0.717) is 19.3 Å². The van der Waals surface area contributed by atoms with Crippen LogP contribution in [0.4, 0.5) is 0 Å². The van der Waals surface area contributed by atoms with Gasteiger partial charge in [0.2, 0.25) is 0 Å². The molecule has 0 fully saturated rings. The molecule has 1 atom stereocenters. The average molecular weight is 1020 g/mol. The summed E-state index contributed by atoms with van der Waals surface area (Å²) in [6, 6.07) is 0. The lowest BCUT2D eigenvalue weighted by molar-refractivity contribution is -0.166. The number of carbonyl (C=O) groups excluding carboxylic acids is 3. The summed E-state index contributed by atoms with van der Waals surface area (Å²) in [6.07, 6.45) is 80.2. The molecule has 0 heterocycles. The minimum atomic E-state index is -0.818. The molecule has 0 aromatic rings. The molecule has 0 aliphatic carbocycles. The third kappa shape index (κ3) is 59.3. The van der Waals surface area contributed by atoms with Crippen LogP contribution in [0.3, 0.4) is 0 Å². The first-order chi connectivity index (χ1) is 36.0. The van der Waals surface area contributed by atoms with Gasteiger partial charge in [0.1, 0.15) is 13.2 Å². The van der Waals surface area contributed by atoms with Crippen LogP contribution in [-0.4, -0.2) is 37.2 Å². The van der Waals surface area contributed by atoms with Crippen molar-refractivity contribution < 1.29 is 28.6 Å². The van der Waals surface area contributed by atoms with Crippen molar-refractivity contribution in [3.8, 4) is 0 Å². The predicted octanol–water partition coefficient (Wildman–Crippen LogP) is 21.1. The third-order valence-corrected chi connectivity index (χ3v) is 13.4. The van der Waals surface area contributed by atoms with Crippen molar-refractivity contribution in [2.75, 3.05) is 13.2 Å². The first-order valence-electron chi connectivity index (χ1n) is 31.1. The van der Waals surface area contributed by atoms with Gasteiger partial charge in [-0.3, -0.25) is 14.4 Å². The number of esters is 3. The number of ether oxygens (including phenoxy) is 3. The van der Waals surface area contributed by atoms with Gasteiger partial charge in [-0.1, -0.05) is 286 Å². The highest BCUT2D eigenvalue weighted by atomic mass is 16.6. The van der Waals surface area contributed by atoms with E-state index in [1.165, 1.54) is 180 Å². The fourth-order valence-electron chi connectivity index (χ4n) is 8.76. The van der Waals surface area contributed by atoms with Gasteiger partial charge in [-0.15, -0.1) is 0 Å². The molecular formula is C67H116O6. The molecule has 0 bridgehead atoms. The van der Waals surface area contributed by atoms with Crippen molar-refractivity contribution in [2.24, 2.45) is 0 Å². The maximum atomic E-state index is 12.9. The molecule has 0 aliphatic rings. The highest BCUT2D eigenvalue weighted by molar-refractivity contribution is 5.71. The molecule has 0 saturated carbocycles. The van der Waals surface area contributed by atoms with Crippen molar-refractivity contribution in [1.82, 2.24) is 0 Å². The molecule has 0 aliphatic heterocycles. The number of hydrogen-bond donors (Lipinski definition) is 0. The molecule has 0 unspecified atom stereocenters. The van der Waals surface area contributed by atoms with E-state index in [4.69, 9.17) is 14.2 Å². The normalized spacial score (nSPS) is 12.6. The van der Waals surface area contributed by atoms with E-state index in [0.717, 1.165) is 77.0 Å². The Labute approximate surface area is 452 Å². The Morgan fingerprint density at radius 3 is 0.890 bits per heavy atom. The fourth-order valence-corrected chi connectivity index (χ4v) is 8.76. The Morgan fingerprint density at radius 2 is 0.562 bits per heavy atom. The quantitative estimate of drug-likeness (QED) is 0.0261. The van der Waals surface area contributed by atoms with E-state index >= 15 is 0 Å². The van der Waals surface area contributed by atoms with Gasteiger partial charge in [-0.25, -0.2) is 0 Å². The largest absolute Gasteiger partial charge is 0.462 e. The molecular weight excluding hydrogens is 901 g/mol. The molecule has 0 saturated heterocycles. The fraction of sp³-hybridized carbons (Fsp3) is 0.746. The van der Waals surface area contributed by atoms with E-state index in [2.05, 4.69) is 99.8 Å². The lowest BCUT2D eigenvalue weighted by Crippen LogP contribution is -2.30. The van der Waals surface area contributed by atoms with Crippen LogP contribution >= 0.6 is 0 Å². The van der Waals surface area contributed by atoms with Crippen LogP contribution in [0.15, 0.2) is 85.1 Å². The van der Waals surface area contributed by atoms with E-state index in [1.54, 1.807) is 0 Å². The molecule has 0 N–H and O–H groups in total. The van der Waals surface area contributed by atoms with Crippen molar-refractivity contribution >= 4 is 17.9 Å². The number of unbranched alkanes of at least 4 members (excludes halogenated alkanes) is 31. The van der Waals surface area contributed by atoms with Crippen LogP contribution in [0.25, 0.3) is 0 Å². The lowest BCUT2D eigenvalue weighted by atomic mass is 10.0. The minimum absolute atomic E-state index is 0.105. The van der Waals surface area contributed by atoms with Gasteiger partial charge in [0.25, 0.3) is 0 Å². The monoisotopic (exact) mass is 1020 g/mol. The molecule has 0 amide bonds. The number of allylic oxidation sites excluding steroid dienone is 14. The predicted molar refractivity (Wildman–Crippen MR) is 316 cm³/mol. The van der Waals surface area contributed by atoms with Crippen LogP contribution in [-0.2, 0) is 28.6 Å². The molecule has 0 rings (SSSR count). The van der Waals surface area contributed by atoms with Crippen molar-refractivity contribution in [2.45, 2.75) is 309 Å². The SMILES string of the molecule is CC/C=C\C/C=C\C/C=C\C/C=C\C/C=C\C/C=C\CCC(=O)O[C@H](COC(=O)CCCCCCCCC/C=C\CCCCCCCC)COC(=O)CCCCCCCCCCCCCCCCCCCCC. The van der Waals surface area contributed by atoms with Crippen LogP contribution in [0, 0.1) is 0 Å². The van der Waals surface area contributed by atoms with E-state index in [9.17, 15) is 14.4 Å². The summed E-state index contributed by atoms with van der Waals surface area (Å²) in [7, 11) is 0. The summed E-state index contributed by atoms with van der Waals surface area (Å²) in [5, 5.41) is 0. The van der Waals surface area contributed by atoms with Gasteiger partial charge < -0.3 is 14.2 Å². The highest BCUT2D eigenvalue weighted by Gasteiger charge is 2.19. The second kappa shape index (κ2) is 61.1. The minimum Gasteiger partial charge on any atom is -0.462 e. The number of hydrogen-bond acceptors (Lipinski definition) is 6. The highest BCUT2D eigenvalue weighted by Crippen LogP contribution is 2.16. The molecule has 0 radical (unpaired) electrons. The first kappa shape index (κ1) is 69.6. The zero-order valence-corrected chi connectivity index (χ0v) is 48.1. The Kier molecular flexibility index (Phi) is 58.3. The summed E-state index contributed by atoms with van der Waals surface area (Å²) >= 11 is 0. The maximum absolute atomic E-state index is 12.9.